The first-order chi connectivity index (χ1) is 18.6. The molecule has 3 rings (SSSR count). The Balaban J connectivity index is 1.75. The number of alkyl halides is 3. The van der Waals surface area contributed by atoms with Crippen LogP contribution in [-0.2, 0) is 6.18 Å². The second kappa shape index (κ2) is 12.6. The Morgan fingerprint density at radius 3 is 2.26 bits per heavy atom. The van der Waals surface area contributed by atoms with Crippen LogP contribution < -0.4 is 24.4 Å². The number of nitro groups is 1. The van der Waals surface area contributed by atoms with Crippen molar-refractivity contribution in [2.24, 2.45) is 5.10 Å². The number of methoxy groups -OCH3 is 1. The average Bonchev–Trinajstić information content (AvgIpc) is 2.90. The molecule has 1 amide bonds. The number of nitrogens with zero attached hydrogens (tertiary/aromatic N) is 2. The predicted octanol–water partition coefficient (Wildman–Crippen LogP) is 5.98. The molecule has 206 valence electrons. The number of amides is 1. The van der Waals surface area contributed by atoms with E-state index in [1.54, 1.807) is 12.1 Å². The summed E-state index contributed by atoms with van der Waals surface area (Å²) in [7, 11) is 1.31. The van der Waals surface area contributed by atoms with Gasteiger partial charge in [0.05, 0.1) is 37.0 Å². The lowest BCUT2D eigenvalue weighted by Gasteiger charge is -2.13. The molecule has 0 aliphatic rings. The second-order valence-corrected chi connectivity index (χ2v) is 7.68. The van der Waals surface area contributed by atoms with Gasteiger partial charge in [-0.15, -0.1) is 0 Å². The predicted molar refractivity (Wildman–Crippen MR) is 135 cm³/mol. The number of hydrogen-bond acceptors (Lipinski definition) is 8. The van der Waals surface area contributed by atoms with Crippen LogP contribution in [0.4, 0.5) is 18.9 Å². The van der Waals surface area contributed by atoms with Crippen LogP contribution >= 0.6 is 0 Å². The van der Waals surface area contributed by atoms with Crippen molar-refractivity contribution in [3.05, 3.63) is 81.4 Å². The van der Waals surface area contributed by atoms with Gasteiger partial charge in [0.2, 0.25) is 5.75 Å². The van der Waals surface area contributed by atoms with Gasteiger partial charge in [-0.1, -0.05) is 0 Å². The van der Waals surface area contributed by atoms with E-state index >= 15 is 0 Å². The molecule has 0 heterocycles. The van der Waals surface area contributed by atoms with Crippen LogP contribution in [0.25, 0.3) is 0 Å². The first kappa shape index (κ1) is 28.8. The van der Waals surface area contributed by atoms with E-state index in [9.17, 15) is 28.1 Å². The number of carbonyl (C=O) groups is 1. The summed E-state index contributed by atoms with van der Waals surface area (Å²) in [6.45, 7) is 4.46. The molecule has 0 unspecified atom stereocenters. The number of nitrogens with one attached hydrogen (secondary N) is 1. The Labute approximate surface area is 221 Å². The first-order valence-corrected chi connectivity index (χ1v) is 11.5. The van der Waals surface area contributed by atoms with Crippen molar-refractivity contribution in [1.29, 1.82) is 0 Å². The Kier molecular flexibility index (Phi) is 9.31. The normalized spacial score (nSPS) is 11.2. The molecule has 0 aliphatic carbocycles. The highest BCUT2D eigenvalue weighted by atomic mass is 19.4. The summed E-state index contributed by atoms with van der Waals surface area (Å²) < 4.78 is 60.6. The van der Waals surface area contributed by atoms with Crippen molar-refractivity contribution in [3.63, 3.8) is 0 Å². The largest absolute Gasteiger partial charge is 0.493 e. The molecule has 39 heavy (non-hydrogen) atoms. The Morgan fingerprint density at radius 2 is 1.62 bits per heavy atom. The zero-order chi connectivity index (χ0) is 28.6. The number of ether oxygens (including phenoxy) is 4. The number of carbonyl (C=O) groups excluding carboxylic acids is 1. The number of benzene rings is 3. The van der Waals surface area contributed by atoms with Crippen LogP contribution in [0, 0.1) is 10.1 Å². The summed E-state index contributed by atoms with van der Waals surface area (Å²) in [5, 5.41) is 15.3. The highest BCUT2D eigenvalue weighted by Crippen LogP contribution is 2.40. The number of hydrazone groups is 1. The molecule has 10 nitrogen and oxygen atoms in total. The Bertz CT molecular complexity index is 1380. The van der Waals surface area contributed by atoms with Crippen molar-refractivity contribution in [1.82, 2.24) is 5.43 Å². The van der Waals surface area contributed by atoms with E-state index in [1.807, 2.05) is 13.8 Å². The monoisotopic (exact) mass is 547 g/mol. The van der Waals surface area contributed by atoms with E-state index in [4.69, 9.17) is 18.9 Å². The summed E-state index contributed by atoms with van der Waals surface area (Å²) >= 11 is 0. The number of rotatable bonds is 11. The number of nitro benzene ring substituents is 1. The van der Waals surface area contributed by atoms with Gasteiger partial charge in [-0.05, 0) is 67.9 Å². The van der Waals surface area contributed by atoms with Gasteiger partial charge in [0.1, 0.15) is 0 Å². The van der Waals surface area contributed by atoms with Crippen molar-refractivity contribution in [3.8, 4) is 28.7 Å². The summed E-state index contributed by atoms with van der Waals surface area (Å²) in [6, 6.07) is 11.0. The second-order valence-electron chi connectivity index (χ2n) is 7.68. The third-order valence-electron chi connectivity index (χ3n) is 5.08. The summed E-state index contributed by atoms with van der Waals surface area (Å²) in [6.07, 6.45) is -3.43. The molecule has 0 saturated carbocycles. The maximum Gasteiger partial charge on any atom is 0.416 e. The summed E-state index contributed by atoms with van der Waals surface area (Å²) in [5.74, 6) is 0.158. The maximum atomic E-state index is 13.0. The Morgan fingerprint density at radius 1 is 0.949 bits per heavy atom. The molecule has 0 bridgehead atoms. The van der Waals surface area contributed by atoms with Crippen molar-refractivity contribution < 1.29 is 41.8 Å². The molecule has 0 radical (unpaired) electrons. The van der Waals surface area contributed by atoms with E-state index in [0.717, 1.165) is 6.07 Å². The summed E-state index contributed by atoms with van der Waals surface area (Å²) in [4.78, 5) is 22.9. The molecule has 0 fully saturated rings. The van der Waals surface area contributed by atoms with Crippen LogP contribution in [0.2, 0.25) is 0 Å². The molecule has 3 aromatic rings. The van der Waals surface area contributed by atoms with Gasteiger partial charge < -0.3 is 18.9 Å². The lowest BCUT2D eigenvalue weighted by molar-refractivity contribution is -0.385. The lowest BCUT2D eigenvalue weighted by atomic mass is 10.1. The van der Waals surface area contributed by atoms with Crippen LogP contribution in [-0.4, -0.2) is 37.4 Å². The van der Waals surface area contributed by atoms with Crippen LogP contribution in [0.15, 0.2) is 59.7 Å². The quantitative estimate of drug-likeness (QED) is 0.178. The van der Waals surface area contributed by atoms with Gasteiger partial charge in [0, 0.05) is 11.6 Å². The SMILES string of the molecule is CCOc1ccc(C(=O)N/N=C/c2ccc(Oc3ccc(C(F)(F)F)cc3[N+](=O)[O-])c(OC)c2)cc1OCC. The van der Waals surface area contributed by atoms with E-state index in [-0.39, 0.29) is 11.5 Å². The average molecular weight is 547 g/mol. The third-order valence-corrected chi connectivity index (χ3v) is 5.08. The van der Waals surface area contributed by atoms with E-state index in [0.29, 0.717) is 48.0 Å². The molecule has 13 heteroatoms. The maximum absolute atomic E-state index is 13.0. The van der Waals surface area contributed by atoms with Gasteiger partial charge in [0.25, 0.3) is 5.91 Å². The zero-order valence-corrected chi connectivity index (χ0v) is 21.1. The number of halogens is 3. The topological polar surface area (TPSA) is 122 Å². The van der Waals surface area contributed by atoms with E-state index < -0.39 is 34.0 Å². The van der Waals surface area contributed by atoms with Crippen molar-refractivity contribution >= 4 is 17.8 Å². The molecule has 0 aliphatic heterocycles. The summed E-state index contributed by atoms with van der Waals surface area (Å²) in [5.41, 5.74) is 1.11. The molecule has 0 spiro atoms. The van der Waals surface area contributed by atoms with E-state index in [1.165, 1.54) is 37.6 Å². The zero-order valence-electron chi connectivity index (χ0n) is 21.1. The molecular formula is C26H24F3N3O7. The molecule has 3 aromatic carbocycles. The fraction of sp³-hybridized carbons (Fsp3) is 0.231. The van der Waals surface area contributed by atoms with Gasteiger partial charge in [-0.25, -0.2) is 5.43 Å². The minimum atomic E-state index is -4.75. The Hall–Kier alpha value is -4.81. The van der Waals surface area contributed by atoms with Gasteiger partial charge >= 0.3 is 11.9 Å². The molecular weight excluding hydrogens is 523 g/mol. The fourth-order valence-electron chi connectivity index (χ4n) is 3.31. The molecule has 1 N–H and O–H groups in total. The standard InChI is InChI=1S/C26H24F3N3O7/c1-4-37-21-10-7-17(13-24(21)38-5-2)25(33)31-30-15-16-6-9-22(23(12-16)36-3)39-20-11-8-18(26(27,28)29)14-19(20)32(34)35/h6-15H,4-5H2,1-3H3,(H,31,33)/b30-15+. The minimum absolute atomic E-state index is 0.0133. The van der Waals surface area contributed by atoms with Crippen molar-refractivity contribution in [2.75, 3.05) is 20.3 Å². The minimum Gasteiger partial charge on any atom is -0.493 e. The van der Waals surface area contributed by atoms with Crippen LogP contribution in [0.5, 0.6) is 28.7 Å². The molecule has 0 atom stereocenters. The highest BCUT2D eigenvalue weighted by Gasteiger charge is 2.33. The van der Waals surface area contributed by atoms with E-state index in [2.05, 4.69) is 10.5 Å². The molecule has 0 aromatic heterocycles. The fourth-order valence-corrected chi connectivity index (χ4v) is 3.31. The smallest absolute Gasteiger partial charge is 0.416 e. The molecule has 0 saturated heterocycles. The highest BCUT2D eigenvalue weighted by molar-refractivity contribution is 5.95. The first-order valence-electron chi connectivity index (χ1n) is 11.5. The van der Waals surface area contributed by atoms with Crippen molar-refractivity contribution in [2.45, 2.75) is 20.0 Å². The van der Waals surface area contributed by atoms with Crippen LogP contribution in [0.3, 0.4) is 0 Å². The number of hydrogen-bond donors (Lipinski definition) is 1. The third kappa shape index (κ3) is 7.37. The van der Waals surface area contributed by atoms with Gasteiger partial charge in [-0.2, -0.15) is 18.3 Å². The lowest BCUT2D eigenvalue weighted by Crippen LogP contribution is -2.17. The van der Waals surface area contributed by atoms with Gasteiger partial charge in [-0.3, -0.25) is 14.9 Å². The van der Waals surface area contributed by atoms with Gasteiger partial charge in [0.15, 0.2) is 23.0 Å². The van der Waals surface area contributed by atoms with Crippen LogP contribution in [0.1, 0.15) is 35.3 Å².